The van der Waals surface area contributed by atoms with Gasteiger partial charge in [-0.2, -0.15) is 0 Å². The number of Topliss-reactive ketones (excluding diaryl/α,β-unsaturated/α-hetero) is 1. The van der Waals surface area contributed by atoms with Crippen molar-refractivity contribution in [1.29, 1.82) is 0 Å². The average Bonchev–Trinajstić information content (AvgIpc) is 2.63. The van der Waals surface area contributed by atoms with Gasteiger partial charge >= 0.3 is 0 Å². The number of hydrogen-bond donors (Lipinski definition) is 0. The van der Waals surface area contributed by atoms with Crippen LogP contribution in [-0.4, -0.2) is 30.8 Å². The molecule has 17 heavy (non-hydrogen) atoms. The predicted molar refractivity (Wildman–Crippen MR) is 67.9 cm³/mol. The van der Waals surface area contributed by atoms with Crippen molar-refractivity contribution in [3.05, 3.63) is 24.0 Å². The molecule has 0 aliphatic heterocycles. The third-order valence-electron chi connectivity index (χ3n) is 2.49. The molecule has 96 valence electrons. The SMILES string of the molecule is CC(C)C(=O)c1ccn(CCCS(C)(=O)=O)c1. The van der Waals surface area contributed by atoms with Crippen LogP contribution in [0.2, 0.25) is 0 Å². The molecule has 0 N–H and O–H groups in total. The minimum absolute atomic E-state index is 0.0122. The molecule has 0 saturated heterocycles. The maximum Gasteiger partial charge on any atom is 0.166 e. The second-order valence-electron chi connectivity index (χ2n) is 4.64. The Morgan fingerprint density at radius 3 is 2.59 bits per heavy atom. The Bertz CT molecular complexity index is 486. The normalized spacial score (nSPS) is 12.0. The summed E-state index contributed by atoms with van der Waals surface area (Å²) in [5.41, 5.74) is 0.694. The molecule has 4 nitrogen and oxygen atoms in total. The first-order valence-electron chi connectivity index (χ1n) is 5.67. The molecule has 0 amide bonds. The molecular formula is C12H19NO3S. The summed E-state index contributed by atoms with van der Waals surface area (Å²) in [5.74, 6) is 0.285. The van der Waals surface area contributed by atoms with Gasteiger partial charge in [0.15, 0.2) is 5.78 Å². The van der Waals surface area contributed by atoms with Crippen LogP contribution in [0.5, 0.6) is 0 Å². The third-order valence-corrected chi connectivity index (χ3v) is 3.52. The smallest absolute Gasteiger partial charge is 0.166 e. The molecule has 1 aromatic heterocycles. The summed E-state index contributed by atoms with van der Waals surface area (Å²) >= 11 is 0. The van der Waals surface area contributed by atoms with Gasteiger partial charge < -0.3 is 4.57 Å². The van der Waals surface area contributed by atoms with E-state index in [-0.39, 0.29) is 17.5 Å². The van der Waals surface area contributed by atoms with E-state index in [0.717, 1.165) is 0 Å². The summed E-state index contributed by atoms with van der Waals surface area (Å²) in [6, 6.07) is 1.78. The fourth-order valence-electron chi connectivity index (χ4n) is 1.57. The first kappa shape index (κ1) is 14.0. The number of aromatic nitrogens is 1. The lowest BCUT2D eigenvalue weighted by atomic mass is 10.0. The molecule has 0 aliphatic rings. The van der Waals surface area contributed by atoms with Gasteiger partial charge in [-0.3, -0.25) is 4.79 Å². The maximum atomic E-state index is 11.7. The highest BCUT2D eigenvalue weighted by Crippen LogP contribution is 2.09. The monoisotopic (exact) mass is 257 g/mol. The van der Waals surface area contributed by atoms with Crippen molar-refractivity contribution < 1.29 is 13.2 Å². The molecular weight excluding hydrogens is 238 g/mol. The Hall–Kier alpha value is -1.10. The van der Waals surface area contributed by atoms with Crippen LogP contribution in [0.4, 0.5) is 0 Å². The number of hydrogen-bond acceptors (Lipinski definition) is 3. The number of sulfone groups is 1. The zero-order valence-electron chi connectivity index (χ0n) is 10.5. The molecule has 0 bridgehead atoms. The molecule has 1 heterocycles. The van der Waals surface area contributed by atoms with Gasteiger partial charge in [-0.1, -0.05) is 13.8 Å². The fourth-order valence-corrected chi connectivity index (χ4v) is 2.22. The first-order chi connectivity index (χ1) is 7.79. The van der Waals surface area contributed by atoms with E-state index in [2.05, 4.69) is 0 Å². The van der Waals surface area contributed by atoms with E-state index in [1.165, 1.54) is 6.26 Å². The summed E-state index contributed by atoms with van der Waals surface area (Å²) in [6.07, 6.45) is 5.40. The summed E-state index contributed by atoms with van der Waals surface area (Å²) in [7, 11) is -2.90. The van der Waals surface area contributed by atoms with Gasteiger partial charge in [0.1, 0.15) is 9.84 Å². The molecule has 0 saturated carbocycles. The largest absolute Gasteiger partial charge is 0.353 e. The molecule has 0 radical (unpaired) electrons. The van der Waals surface area contributed by atoms with Gasteiger partial charge in [0.25, 0.3) is 0 Å². The number of carbonyl (C=O) groups is 1. The minimum Gasteiger partial charge on any atom is -0.353 e. The second-order valence-corrected chi connectivity index (χ2v) is 6.90. The number of aryl methyl sites for hydroxylation is 1. The van der Waals surface area contributed by atoms with Crippen LogP contribution in [0, 0.1) is 5.92 Å². The van der Waals surface area contributed by atoms with E-state index in [0.29, 0.717) is 18.5 Å². The van der Waals surface area contributed by atoms with Crippen molar-refractivity contribution >= 4 is 15.6 Å². The van der Waals surface area contributed by atoms with Crippen LogP contribution >= 0.6 is 0 Å². The molecule has 0 aromatic carbocycles. The van der Waals surface area contributed by atoms with Crippen molar-refractivity contribution in [1.82, 2.24) is 4.57 Å². The van der Waals surface area contributed by atoms with Gasteiger partial charge in [-0.05, 0) is 12.5 Å². The van der Waals surface area contributed by atoms with E-state index in [1.54, 1.807) is 12.3 Å². The number of nitrogens with zero attached hydrogens (tertiary/aromatic N) is 1. The highest BCUT2D eigenvalue weighted by molar-refractivity contribution is 7.90. The van der Waals surface area contributed by atoms with Gasteiger partial charge in [0.05, 0.1) is 5.75 Å². The van der Waals surface area contributed by atoms with E-state index < -0.39 is 9.84 Å². The van der Waals surface area contributed by atoms with Gasteiger partial charge in [0.2, 0.25) is 0 Å². The molecule has 1 rings (SSSR count). The van der Waals surface area contributed by atoms with E-state index in [9.17, 15) is 13.2 Å². The van der Waals surface area contributed by atoms with Crippen LogP contribution in [-0.2, 0) is 16.4 Å². The molecule has 0 fully saturated rings. The molecule has 5 heteroatoms. The maximum absolute atomic E-state index is 11.7. The van der Waals surface area contributed by atoms with Crippen LogP contribution in [0.15, 0.2) is 18.5 Å². The molecule has 0 aliphatic carbocycles. The molecule has 0 atom stereocenters. The minimum atomic E-state index is -2.90. The number of rotatable bonds is 6. The lowest BCUT2D eigenvalue weighted by Crippen LogP contribution is -2.08. The van der Waals surface area contributed by atoms with E-state index in [1.807, 2.05) is 24.6 Å². The van der Waals surface area contributed by atoms with Crippen molar-refractivity contribution in [2.45, 2.75) is 26.8 Å². The summed E-state index contributed by atoms with van der Waals surface area (Å²) in [6.45, 7) is 4.35. The first-order valence-corrected chi connectivity index (χ1v) is 7.73. The van der Waals surface area contributed by atoms with Crippen LogP contribution in [0.3, 0.4) is 0 Å². The van der Waals surface area contributed by atoms with Gasteiger partial charge in [-0.25, -0.2) is 8.42 Å². The summed E-state index contributed by atoms with van der Waals surface area (Å²) < 4.78 is 23.8. The van der Waals surface area contributed by atoms with Crippen molar-refractivity contribution in [3.63, 3.8) is 0 Å². The molecule has 0 unspecified atom stereocenters. The zero-order chi connectivity index (χ0) is 13.1. The Kier molecular flexibility index (Phi) is 4.51. The Morgan fingerprint density at radius 2 is 2.06 bits per heavy atom. The Labute approximate surface area is 103 Å². The highest BCUT2D eigenvalue weighted by atomic mass is 32.2. The Balaban J connectivity index is 2.55. The topological polar surface area (TPSA) is 56.1 Å². The summed E-state index contributed by atoms with van der Waals surface area (Å²) in [5, 5.41) is 0. The molecule has 1 aromatic rings. The number of ketones is 1. The second kappa shape index (κ2) is 5.49. The standard InChI is InChI=1S/C12H19NO3S/c1-10(2)12(14)11-5-7-13(9-11)6-4-8-17(3,15)16/h5,7,9-10H,4,6,8H2,1-3H3. The van der Waals surface area contributed by atoms with Crippen LogP contribution in [0.25, 0.3) is 0 Å². The van der Waals surface area contributed by atoms with Crippen molar-refractivity contribution in [2.75, 3.05) is 12.0 Å². The lowest BCUT2D eigenvalue weighted by molar-refractivity contribution is 0.0939. The summed E-state index contributed by atoms with van der Waals surface area (Å²) in [4.78, 5) is 11.7. The van der Waals surface area contributed by atoms with Crippen LogP contribution < -0.4 is 0 Å². The zero-order valence-corrected chi connectivity index (χ0v) is 11.3. The van der Waals surface area contributed by atoms with E-state index in [4.69, 9.17) is 0 Å². The van der Waals surface area contributed by atoms with Gasteiger partial charge in [0, 0.05) is 36.7 Å². The van der Waals surface area contributed by atoms with Gasteiger partial charge in [-0.15, -0.1) is 0 Å². The predicted octanol–water partition coefficient (Wildman–Crippen LogP) is 1.76. The molecule has 0 spiro atoms. The fraction of sp³-hybridized carbons (Fsp3) is 0.583. The van der Waals surface area contributed by atoms with Crippen molar-refractivity contribution in [2.24, 2.45) is 5.92 Å². The van der Waals surface area contributed by atoms with Crippen LogP contribution in [0.1, 0.15) is 30.6 Å². The average molecular weight is 257 g/mol. The highest BCUT2D eigenvalue weighted by Gasteiger charge is 2.11. The number of carbonyl (C=O) groups excluding carboxylic acids is 1. The lowest BCUT2D eigenvalue weighted by Gasteiger charge is -2.02. The van der Waals surface area contributed by atoms with Crippen molar-refractivity contribution in [3.8, 4) is 0 Å². The third kappa shape index (κ3) is 4.73. The quantitative estimate of drug-likeness (QED) is 0.730. The Morgan fingerprint density at radius 1 is 1.41 bits per heavy atom. The van der Waals surface area contributed by atoms with E-state index >= 15 is 0 Å².